The van der Waals surface area contributed by atoms with Gasteiger partial charge >= 0.3 is 24.4 Å². The molecule has 0 aromatic heterocycles. The number of aliphatic hydroxyl groups is 1. The van der Waals surface area contributed by atoms with Gasteiger partial charge < -0.3 is 29.4 Å². The van der Waals surface area contributed by atoms with Gasteiger partial charge in [-0.3, -0.25) is 0 Å². The lowest BCUT2D eigenvalue weighted by molar-refractivity contribution is -0.376. The van der Waals surface area contributed by atoms with Gasteiger partial charge in [0.05, 0.1) is 18.1 Å². The van der Waals surface area contributed by atoms with E-state index < -0.39 is 56.5 Å². The molecule has 3 fully saturated rings. The van der Waals surface area contributed by atoms with E-state index in [4.69, 9.17) is 4.74 Å². The lowest BCUT2D eigenvalue weighted by atomic mass is 9.89. The zero-order valence-corrected chi connectivity index (χ0v) is 25.5. The van der Waals surface area contributed by atoms with Crippen LogP contribution in [0.25, 0.3) is 0 Å². The largest absolute Gasteiger partial charge is 0.430 e. The Morgan fingerprint density at radius 3 is 1.66 bits per heavy atom. The standard InChI is InChI=1S/C29H31F7N4O6S/c30-22-5-7-23(8-6-22)47(44,45)26(20-1-3-21(4-2-20)27(43,28(31,32)33)29(34,35)36)9-10-40(19-26)25(42)38-13-11-37(12-14-38)24(41)39-15-17-46-18-16-39/h1-8,43H,9-19H2/t26-/m0/s1. The fourth-order valence-electron chi connectivity index (χ4n) is 6.14. The molecule has 47 heavy (non-hydrogen) atoms. The van der Waals surface area contributed by atoms with Gasteiger partial charge in [0.15, 0.2) is 9.84 Å². The number of carbonyl (C=O) groups is 2. The monoisotopic (exact) mass is 696 g/mol. The molecule has 5 rings (SSSR count). The molecular weight excluding hydrogens is 665 g/mol. The third-order valence-electron chi connectivity index (χ3n) is 8.89. The van der Waals surface area contributed by atoms with Crippen molar-refractivity contribution in [2.75, 3.05) is 65.6 Å². The first-order chi connectivity index (χ1) is 21.9. The predicted molar refractivity (Wildman–Crippen MR) is 150 cm³/mol. The number of benzene rings is 2. The number of hydrogen-bond donors (Lipinski definition) is 1. The molecule has 0 saturated carbocycles. The van der Waals surface area contributed by atoms with E-state index in [1.54, 1.807) is 9.80 Å². The first-order valence-electron chi connectivity index (χ1n) is 14.5. The van der Waals surface area contributed by atoms with Crippen LogP contribution in [0.5, 0.6) is 0 Å². The summed E-state index contributed by atoms with van der Waals surface area (Å²) in [4.78, 5) is 32.0. The Kier molecular flexibility index (Phi) is 9.17. The molecule has 3 saturated heterocycles. The number of nitrogens with zero attached hydrogens (tertiary/aromatic N) is 4. The molecule has 0 unspecified atom stereocenters. The van der Waals surface area contributed by atoms with Gasteiger partial charge in [-0.1, -0.05) is 24.3 Å². The third-order valence-corrected chi connectivity index (χ3v) is 11.4. The summed E-state index contributed by atoms with van der Waals surface area (Å²) >= 11 is 0. The van der Waals surface area contributed by atoms with Crippen molar-refractivity contribution in [3.8, 4) is 0 Å². The average Bonchev–Trinajstić information content (AvgIpc) is 3.51. The van der Waals surface area contributed by atoms with E-state index in [1.807, 2.05) is 0 Å². The molecule has 1 atom stereocenters. The molecule has 2 aromatic rings. The summed E-state index contributed by atoms with van der Waals surface area (Å²) in [6, 6.07) is 5.16. The first kappa shape index (κ1) is 34.7. The summed E-state index contributed by atoms with van der Waals surface area (Å²) in [5.74, 6) is -0.754. The number of alkyl halides is 6. The Labute approximate surface area is 265 Å². The number of hydrogen-bond acceptors (Lipinski definition) is 6. The van der Waals surface area contributed by atoms with Crippen molar-refractivity contribution in [1.29, 1.82) is 0 Å². The average molecular weight is 697 g/mol. The number of morpholine rings is 1. The molecule has 0 spiro atoms. The second-order valence-electron chi connectivity index (χ2n) is 11.5. The zero-order chi connectivity index (χ0) is 34.4. The molecule has 3 aliphatic heterocycles. The Morgan fingerprint density at radius 2 is 1.17 bits per heavy atom. The summed E-state index contributed by atoms with van der Waals surface area (Å²) < 4.78 is 126. The fraction of sp³-hybridized carbons (Fsp3) is 0.517. The van der Waals surface area contributed by atoms with Crippen LogP contribution < -0.4 is 0 Å². The Hall–Kier alpha value is -3.64. The number of halogens is 7. The molecule has 3 heterocycles. The second-order valence-corrected chi connectivity index (χ2v) is 13.8. The smallest absolute Gasteiger partial charge is 0.378 e. The molecule has 2 aromatic carbocycles. The number of piperazine rings is 1. The number of sulfone groups is 1. The van der Waals surface area contributed by atoms with Crippen LogP contribution in [-0.4, -0.2) is 123 Å². The van der Waals surface area contributed by atoms with Crippen molar-refractivity contribution in [3.05, 3.63) is 65.5 Å². The van der Waals surface area contributed by atoms with E-state index in [0.717, 1.165) is 36.4 Å². The van der Waals surface area contributed by atoms with E-state index in [9.17, 15) is 53.8 Å². The summed E-state index contributed by atoms with van der Waals surface area (Å²) in [5.41, 5.74) is -7.04. The van der Waals surface area contributed by atoms with Crippen molar-refractivity contribution < 1.29 is 58.6 Å². The molecule has 0 radical (unpaired) electrons. The highest BCUT2D eigenvalue weighted by Crippen LogP contribution is 2.51. The van der Waals surface area contributed by atoms with Crippen LogP contribution in [0.4, 0.5) is 40.3 Å². The number of urea groups is 2. The van der Waals surface area contributed by atoms with E-state index >= 15 is 0 Å². The molecule has 1 N–H and O–H groups in total. The van der Waals surface area contributed by atoms with Crippen LogP contribution >= 0.6 is 0 Å². The Bertz CT molecular complexity index is 1560. The normalized spacial score (nSPS) is 21.7. The van der Waals surface area contributed by atoms with E-state index in [-0.39, 0.29) is 55.6 Å². The molecule has 4 amide bonds. The maximum Gasteiger partial charge on any atom is 0.430 e. The number of carbonyl (C=O) groups excluding carboxylic acids is 2. The molecular formula is C29H31F7N4O6S. The highest BCUT2D eigenvalue weighted by molar-refractivity contribution is 7.92. The number of likely N-dealkylation sites (tertiary alicyclic amines) is 1. The summed E-state index contributed by atoms with van der Waals surface area (Å²) in [7, 11) is -4.56. The van der Waals surface area contributed by atoms with Gasteiger partial charge in [-0.25, -0.2) is 22.4 Å². The highest BCUT2D eigenvalue weighted by Gasteiger charge is 2.71. The van der Waals surface area contributed by atoms with Crippen LogP contribution in [0, 0.1) is 5.82 Å². The molecule has 3 aliphatic rings. The van der Waals surface area contributed by atoms with Gasteiger partial charge in [-0.05, 0) is 36.2 Å². The molecule has 18 heteroatoms. The van der Waals surface area contributed by atoms with Crippen molar-refractivity contribution in [2.45, 2.75) is 34.0 Å². The quantitative estimate of drug-likeness (QED) is 0.386. The number of rotatable bonds is 4. The summed E-state index contributed by atoms with van der Waals surface area (Å²) in [6.07, 6.45) is -12.6. The van der Waals surface area contributed by atoms with Gasteiger partial charge in [-0.15, -0.1) is 0 Å². The molecule has 258 valence electrons. The Balaban J connectivity index is 1.42. The van der Waals surface area contributed by atoms with Crippen molar-refractivity contribution >= 4 is 21.9 Å². The first-order valence-corrected chi connectivity index (χ1v) is 16.0. The van der Waals surface area contributed by atoms with Gasteiger partial charge in [0.25, 0.3) is 5.60 Å². The fourth-order valence-corrected chi connectivity index (χ4v) is 8.22. The SMILES string of the molecule is O=C(N1CCOCC1)N1CCN(C(=O)N2CC[C@](c3ccc(C(O)(C(F)(F)F)C(F)(F)F)cc3)(S(=O)(=O)c3ccc(F)cc3)C2)CC1. The number of amides is 4. The van der Waals surface area contributed by atoms with Gasteiger partial charge in [-0.2, -0.15) is 26.3 Å². The highest BCUT2D eigenvalue weighted by atomic mass is 32.2. The van der Waals surface area contributed by atoms with Crippen LogP contribution in [0.1, 0.15) is 17.5 Å². The van der Waals surface area contributed by atoms with E-state index in [1.165, 1.54) is 9.80 Å². The van der Waals surface area contributed by atoms with Gasteiger partial charge in [0, 0.05) is 57.9 Å². The third kappa shape index (κ3) is 6.10. The molecule has 0 bridgehead atoms. The molecule has 10 nitrogen and oxygen atoms in total. The van der Waals surface area contributed by atoms with Crippen molar-refractivity contribution in [2.24, 2.45) is 0 Å². The van der Waals surface area contributed by atoms with Gasteiger partial charge in [0.1, 0.15) is 10.6 Å². The molecule has 0 aliphatic carbocycles. The maximum absolute atomic E-state index is 14.1. The van der Waals surface area contributed by atoms with E-state index in [2.05, 4.69) is 0 Å². The van der Waals surface area contributed by atoms with E-state index in [0.29, 0.717) is 38.4 Å². The lowest BCUT2D eigenvalue weighted by Crippen LogP contribution is -2.57. The van der Waals surface area contributed by atoms with Crippen LogP contribution in [-0.2, 0) is 24.9 Å². The van der Waals surface area contributed by atoms with Gasteiger partial charge in [0.2, 0.25) is 0 Å². The number of ether oxygens (including phenoxy) is 1. The predicted octanol–water partition coefficient (Wildman–Crippen LogP) is 3.70. The second kappa shape index (κ2) is 12.4. The van der Waals surface area contributed by atoms with Crippen molar-refractivity contribution in [1.82, 2.24) is 19.6 Å². The van der Waals surface area contributed by atoms with Crippen molar-refractivity contribution in [3.63, 3.8) is 0 Å². The minimum atomic E-state index is -6.15. The minimum Gasteiger partial charge on any atom is -0.378 e. The van der Waals surface area contributed by atoms with Crippen LogP contribution in [0.3, 0.4) is 0 Å². The maximum atomic E-state index is 14.1. The van der Waals surface area contributed by atoms with Crippen LogP contribution in [0.15, 0.2) is 53.4 Å². The lowest BCUT2D eigenvalue weighted by Gasteiger charge is -2.39. The minimum absolute atomic E-state index is 0.130. The summed E-state index contributed by atoms with van der Waals surface area (Å²) in [6.45, 7) is 1.69. The zero-order valence-electron chi connectivity index (χ0n) is 24.7. The Morgan fingerprint density at radius 1 is 0.702 bits per heavy atom. The summed E-state index contributed by atoms with van der Waals surface area (Å²) in [5, 5.41) is 9.83. The topological polar surface area (TPSA) is 111 Å². The van der Waals surface area contributed by atoms with Crippen LogP contribution in [0.2, 0.25) is 0 Å².